The molecule has 0 aliphatic carbocycles. The molecule has 0 spiro atoms. The monoisotopic (exact) mass is 367 g/mol. The van der Waals surface area contributed by atoms with Crippen LogP contribution >= 0.6 is 11.3 Å². The van der Waals surface area contributed by atoms with E-state index in [2.05, 4.69) is 15.3 Å². The minimum atomic E-state index is -0.485. The predicted molar refractivity (Wildman–Crippen MR) is 100 cm³/mol. The lowest BCUT2D eigenvalue weighted by Crippen LogP contribution is -2.15. The first kappa shape index (κ1) is 17.8. The summed E-state index contributed by atoms with van der Waals surface area (Å²) in [6, 6.07) is 12.4. The molecule has 3 rings (SSSR count). The zero-order chi connectivity index (χ0) is 18.4. The fourth-order valence-electron chi connectivity index (χ4n) is 2.37. The number of thiazole rings is 1. The average Bonchev–Trinajstić information content (AvgIpc) is 3.16. The fourth-order valence-corrected chi connectivity index (χ4v) is 3.16. The van der Waals surface area contributed by atoms with E-state index < -0.39 is 5.97 Å². The van der Waals surface area contributed by atoms with E-state index in [0.29, 0.717) is 17.7 Å². The molecule has 0 bridgehead atoms. The molecule has 3 aromatic rings. The van der Waals surface area contributed by atoms with E-state index in [1.807, 2.05) is 23.6 Å². The Morgan fingerprint density at radius 1 is 1.12 bits per heavy atom. The molecule has 0 unspecified atom stereocenters. The molecule has 2 aromatic heterocycles. The smallest absolute Gasteiger partial charge is 0.339 e. The van der Waals surface area contributed by atoms with Crippen LogP contribution in [0.15, 0.2) is 54.0 Å². The first-order chi connectivity index (χ1) is 12.7. The van der Waals surface area contributed by atoms with Gasteiger partial charge in [0, 0.05) is 24.4 Å². The van der Waals surface area contributed by atoms with Crippen molar-refractivity contribution in [1.82, 2.24) is 9.97 Å². The van der Waals surface area contributed by atoms with Gasteiger partial charge < -0.3 is 10.1 Å². The van der Waals surface area contributed by atoms with E-state index in [1.165, 1.54) is 18.4 Å². The third-order valence-electron chi connectivity index (χ3n) is 3.65. The normalized spacial score (nSPS) is 10.3. The van der Waals surface area contributed by atoms with E-state index in [4.69, 9.17) is 4.74 Å². The van der Waals surface area contributed by atoms with Crippen LogP contribution < -0.4 is 5.32 Å². The highest BCUT2D eigenvalue weighted by Gasteiger charge is 2.14. The molecule has 0 radical (unpaired) electrons. The second-order valence-corrected chi connectivity index (χ2v) is 6.37. The van der Waals surface area contributed by atoms with Crippen molar-refractivity contribution in [3.8, 4) is 11.4 Å². The van der Waals surface area contributed by atoms with Gasteiger partial charge in [0.15, 0.2) is 0 Å². The molecule has 0 aliphatic heterocycles. The van der Waals surface area contributed by atoms with Crippen molar-refractivity contribution >= 4 is 28.9 Å². The van der Waals surface area contributed by atoms with Crippen LogP contribution in [-0.4, -0.2) is 29.0 Å². The van der Waals surface area contributed by atoms with Crippen LogP contribution in [-0.2, 0) is 16.0 Å². The Morgan fingerprint density at radius 3 is 2.69 bits per heavy atom. The summed E-state index contributed by atoms with van der Waals surface area (Å²) in [5, 5.41) is 5.55. The lowest BCUT2D eigenvalue weighted by molar-refractivity contribution is -0.116. The van der Waals surface area contributed by atoms with Gasteiger partial charge in [0.2, 0.25) is 5.91 Å². The van der Waals surface area contributed by atoms with Crippen LogP contribution in [0.5, 0.6) is 0 Å². The van der Waals surface area contributed by atoms with Crippen molar-refractivity contribution in [2.24, 2.45) is 0 Å². The van der Waals surface area contributed by atoms with Crippen LogP contribution in [0.25, 0.3) is 11.4 Å². The number of rotatable bonds is 6. The van der Waals surface area contributed by atoms with Crippen LogP contribution in [0.1, 0.15) is 21.8 Å². The number of nitrogens with one attached hydrogen (secondary N) is 1. The number of hydrogen-bond acceptors (Lipinski definition) is 6. The van der Waals surface area contributed by atoms with Gasteiger partial charge in [-0.05, 0) is 24.3 Å². The Labute approximate surface area is 154 Å². The highest BCUT2D eigenvalue weighted by atomic mass is 32.1. The summed E-state index contributed by atoms with van der Waals surface area (Å²) in [6.45, 7) is 0. The number of aryl methyl sites for hydroxylation is 1. The van der Waals surface area contributed by atoms with Gasteiger partial charge in [-0.3, -0.25) is 9.78 Å². The number of aromatic nitrogens is 2. The Morgan fingerprint density at radius 2 is 1.92 bits per heavy atom. The molecule has 0 saturated heterocycles. The lowest BCUT2D eigenvalue weighted by Gasteiger charge is -2.09. The molecule has 1 amide bonds. The molecule has 0 atom stereocenters. The zero-order valence-electron chi connectivity index (χ0n) is 14.1. The molecular formula is C19H17N3O3S. The van der Waals surface area contributed by atoms with Gasteiger partial charge in [-0.25, -0.2) is 9.78 Å². The number of methoxy groups -OCH3 is 1. The minimum Gasteiger partial charge on any atom is -0.465 e. The molecular weight excluding hydrogens is 350 g/mol. The largest absolute Gasteiger partial charge is 0.465 e. The predicted octanol–water partition coefficient (Wildman–Crippen LogP) is 3.56. The zero-order valence-corrected chi connectivity index (χ0v) is 15.0. The van der Waals surface area contributed by atoms with Crippen molar-refractivity contribution < 1.29 is 14.3 Å². The number of para-hydroxylation sites is 1. The molecule has 7 heteroatoms. The maximum atomic E-state index is 12.2. The Kier molecular flexibility index (Phi) is 5.70. The quantitative estimate of drug-likeness (QED) is 0.674. The van der Waals surface area contributed by atoms with Gasteiger partial charge in [0.05, 0.1) is 34.8 Å². The summed E-state index contributed by atoms with van der Waals surface area (Å²) >= 11 is 1.50. The summed E-state index contributed by atoms with van der Waals surface area (Å²) in [5.41, 5.74) is 2.39. The Bertz CT molecular complexity index is 909. The van der Waals surface area contributed by atoms with Crippen molar-refractivity contribution in [2.45, 2.75) is 12.8 Å². The molecule has 0 aliphatic rings. The third kappa shape index (κ3) is 4.31. The fraction of sp³-hybridized carbons (Fsp3) is 0.158. The average molecular weight is 367 g/mol. The second kappa shape index (κ2) is 8.35. The summed E-state index contributed by atoms with van der Waals surface area (Å²) in [7, 11) is 1.31. The molecule has 132 valence electrons. The van der Waals surface area contributed by atoms with Gasteiger partial charge in [-0.1, -0.05) is 18.2 Å². The van der Waals surface area contributed by atoms with Crippen molar-refractivity contribution in [3.63, 3.8) is 0 Å². The van der Waals surface area contributed by atoms with E-state index >= 15 is 0 Å². The standard InChI is InChI=1S/C19H17N3O3S/c1-25-19(24)13-6-2-3-7-14(13)21-17(23)9-10-18-22-16(12-26-18)15-8-4-5-11-20-15/h2-8,11-12H,9-10H2,1H3,(H,21,23). The van der Waals surface area contributed by atoms with E-state index in [1.54, 1.807) is 30.5 Å². The van der Waals surface area contributed by atoms with Gasteiger partial charge in [-0.2, -0.15) is 0 Å². The van der Waals surface area contributed by atoms with E-state index in [-0.39, 0.29) is 12.3 Å². The topological polar surface area (TPSA) is 81.2 Å². The van der Waals surface area contributed by atoms with Crippen LogP contribution in [0.2, 0.25) is 0 Å². The van der Waals surface area contributed by atoms with Crippen molar-refractivity contribution in [3.05, 3.63) is 64.6 Å². The number of hydrogen-bond donors (Lipinski definition) is 1. The molecule has 2 heterocycles. The SMILES string of the molecule is COC(=O)c1ccccc1NC(=O)CCc1nc(-c2ccccn2)cs1. The van der Waals surface area contributed by atoms with Crippen molar-refractivity contribution in [2.75, 3.05) is 12.4 Å². The second-order valence-electron chi connectivity index (χ2n) is 5.43. The van der Waals surface area contributed by atoms with Gasteiger partial charge in [0.1, 0.15) is 0 Å². The number of nitrogens with zero attached hydrogens (tertiary/aromatic N) is 2. The first-order valence-corrected chi connectivity index (χ1v) is 8.88. The van der Waals surface area contributed by atoms with Gasteiger partial charge in [0.25, 0.3) is 0 Å². The summed E-state index contributed by atoms with van der Waals surface area (Å²) in [5.74, 6) is -0.670. The maximum absolute atomic E-state index is 12.2. The highest BCUT2D eigenvalue weighted by molar-refractivity contribution is 7.09. The summed E-state index contributed by atoms with van der Waals surface area (Å²) < 4.78 is 4.73. The third-order valence-corrected chi connectivity index (χ3v) is 4.56. The summed E-state index contributed by atoms with van der Waals surface area (Å²) in [6.07, 6.45) is 2.51. The Balaban J connectivity index is 1.60. The van der Waals surface area contributed by atoms with Gasteiger partial charge >= 0.3 is 5.97 Å². The number of anilines is 1. The molecule has 0 saturated carbocycles. The molecule has 0 fully saturated rings. The lowest BCUT2D eigenvalue weighted by atomic mass is 10.1. The minimum absolute atomic E-state index is 0.184. The maximum Gasteiger partial charge on any atom is 0.339 e. The number of pyridine rings is 1. The van der Waals surface area contributed by atoms with E-state index in [9.17, 15) is 9.59 Å². The van der Waals surface area contributed by atoms with Crippen LogP contribution in [0.4, 0.5) is 5.69 Å². The molecule has 6 nitrogen and oxygen atoms in total. The number of carbonyl (C=O) groups excluding carboxylic acids is 2. The van der Waals surface area contributed by atoms with Crippen molar-refractivity contribution in [1.29, 1.82) is 0 Å². The first-order valence-electron chi connectivity index (χ1n) is 8.00. The number of benzene rings is 1. The van der Waals surface area contributed by atoms with Gasteiger partial charge in [-0.15, -0.1) is 11.3 Å². The molecule has 26 heavy (non-hydrogen) atoms. The number of ether oxygens (including phenoxy) is 1. The van der Waals surface area contributed by atoms with Crippen LogP contribution in [0.3, 0.4) is 0 Å². The Hall–Kier alpha value is -3.06. The van der Waals surface area contributed by atoms with E-state index in [0.717, 1.165) is 16.4 Å². The highest BCUT2D eigenvalue weighted by Crippen LogP contribution is 2.21. The molecule has 1 N–H and O–H groups in total. The summed E-state index contributed by atoms with van der Waals surface area (Å²) in [4.78, 5) is 32.8. The molecule has 1 aromatic carbocycles. The van der Waals surface area contributed by atoms with Crippen LogP contribution in [0, 0.1) is 0 Å². The number of esters is 1. The number of carbonyl (C=O) groups is 2. The number of amides is 1.